The maximum absolute atomic E-state index is 14.5. The molecule has 13 heteroatoms. The Labute approximate surface area is 294 Å². The molecule has 1 N–H and O–H groups in total. The van der Waals surface area contributed by atoms with Crippen molar-refractivity contribution in [3.8, 4) is 0 Å². The Bertz CT molecular complexity index is 1860. The highest BCUT2D eigenvalue weighted by Gasteiger charge is 2.38. The number of benzene rings is 4. The highest BCUT2D eigenvalue weighted by Crippen LogP contribution is 2.38. The van der Waals surface area contributed by atoms with Gasteiger partial charge in [-0.3, -0.25) is 13.9 Å². The number of amides is 2. The van der Waals surface area contributed by atoms with Crippen LogP contribution in [0.2, 0.25) is 10.0 Å². The molecule has 0 saturated heterocycles. The molecule has 49 heavy (non-hydrogen) atoms. The minimum Gasteiger partial charge on any atom is -0.352 e. The Morgan fingerprint density at radius 3 is 2.10 bits per heavy atom. The van der Waals surface area contributed by atoms with Gasteiger partial charge in [-0.25, -0.2) is 8.42 Å². The van der Waals surface area contributed by atoms with E-state index in [0.29, 0.717) is 27.4 Å². The van der Waals surface area contributed by atoms with Gasteiger partial charge in [-0.15, -0.1) is 0 Å². The molecule has 2 amide bonds. The van der Waals surface area contributed by atoms with Crippen molar-refractivity contribution < 1.29 is 31.2 Å². The van der Waals surface area contributed by atoms with Gasteiger partial charge in [0.1, 0.15) is 12.6 Å². The van der Waals surface area contributed by atoms with E-state index in [-0.39, 0.29) is 23.9 Å². The van der Waals surface area contributed by atoms with Crippen molar-refractivity contribution in [3.05, 3.63) is 129 Å². The molecular formula is C36H36Cl2F3N3O4S. The molecule has 2 atom stereocenters. The zero-order valence-electron chi connectivity index (χ0n) is 27.0. The first-order valence-electron chi connectivity index (χ1n) is 15.4. The predicted octanol–water partition coefficient (Wildman–Crippen LogP) is 8.07. The van der Waals surface area contributed by atoms with E-state index in [4.69, 9.17) is 23.2 Å². The Balaban J connectivity index is 1.87. The molecule has 0 heterocycles. The summed E-state index contributed by atoms with van der Waals surface area (Å²) < 4.78 is 70.9. The smallest absolute Gasteiger partial charge is 0.352 e. The van der Waals surface area contributed by atoms with Gasteiger partial charge in [-0.1, -0.05) is 90.3 Å². The molecule has 7 nitrogen and oxygen atoms in total. The molecule has 0 fully saturated rings. The number of sulfonamides is 1. The third-order valence-electron chi connectivity index (χ3n) is 7.97. The first-order chi connectivity index (χ1) is 23.1. The number of carbonyl (C=O) groups excluding carboxylic acids is 2. The summed E-state index contributed by atoms with van der Waals surface area (Å²) in [5.41, 5.74) is 0.373. The molecule has 0 bridgehead atoms. The molecular weight excluding hydrogens is 698 g/mol. The molecule has 260 valence electrons. The van der Waals surface area contributed by atoms with E-state index in [0.717, 1.165) is 23.3 Å². The second kappa shape index (κ2) is 16.1. The number of carbonyl (C=O) groups is 2. The second-order valence-corrected chi connectivity index (χ2v) is 14.4. The van der Waals surface area contributed by atoms with Gasteiger partial charge in [-0.05, 0) is 73.9 Å². The van der Waals surface area contributed by atoms with Crippen LogP contribution in [0.3, 0.4) is 0 Å². The molecule has 0 aromatic heterocycles. The number of halogens is 5. The zero-order chi connectivity index (χ0) is 35.9. The second-order valence-electron chi connectivity index (χ2n) is 11.7. The summed E-state index contributed by atoms with van der Waals surface area (Å²) in [5.74, 6) is -1.30. The van der Waals surface area contributed by atoms with E-state index in [1.165, 1.54) is 29.2 Å². The fourth-order valence-corrected chi connectivity index (χ4v) is 6.79. The van der Waals surface area contributed by atoms with Crippen LogP contribution in [0.25, 0.3) is 0 Å². The molecule has 0 aliphatic heterocycles. The molecule has 0 spiro atoms. The van der Waals surface area contributed by atoms with E-state index < -0.39 is 56.9 Å². The predicted molar refractivity (Wildman–Crippen MR) is 186 cm³/mol. The summed E-state index contributed by atoms with van der Waals surface area (Å²) in [5, 5.41) is 2.74. The largest absolute Gasteiger partial charge is 0.417 e. The third kappa shape index (κ3) is 9.77. The van der Waals surface area contributed by atoms with E-state index in [1.807, 2.05) is 19.9 Å². The SMILES string of the molecule is CC[C@H](C)NC(=O)[C@@H](Cc1ccccc1)N(Cc1ccc(Cl)cc1)C(=O)CN(c1ccc(Cl)c(C(F)(F)F)c1)S(=O)(=O)c1ccc(C)cc1. The van der Waals surface area contributed by atoms with E-state index in [9.17, 15) is 31.2 Å². The lowest BCUT2D eigenvalue weighted by Crippen LogP contribution is -2.54. The van der Waals surface area contributed by atoms with Crippen LogP contribution in [-0.2, 0) is 38.8 Å². The molecule has 0 aliphatic carbocycles. The molecule has 0 radical (unpaired) electrons. The van der Waals surface area contributed by atoms with Crippen LogP contribution in [0.5, 0.6) is 0 Å². The van der Waals surface area contributed by atoms with Crippen LogP contribution in [0.15, 0.2) is 102 Å². The van der Waals surface area contributed by atoms with Gasteiger partial charge in [0.05, 0.1) is 21.2 Å². The highest BCUT2D eigenvalue weighted by atomic mass is 35.5. The lowest BCUT2D eigenvalue weighted by molar-refractivity contribution is -0.140. The normalized spacial score (nSPS) is 13.0. The van der Waals surface area contributed by atoms with Crippen molar-refractivity contribution in [1.29, 1.82) is 0 Å². The number of nitrogens with one attached hydrogen (secondary N) is 1. The average Bonchev–Trinajstić information content (AvgIpc) is 3.06. The number of rotatable bonds is 13. The van der Waals surface area contributed by atoms with Crippen LogP contribution in [0.1, 0.15) is 42.5 Å². The van der Waals surface area contributed by atoms with Crippen molar-refractivity contribution in [3.63, 3.8) is 0 Å². The molecule has 0 aliphatic rings. The monoisotopic (exact) mass is 733 g/mol. The molecule has 4 aromatic rings. The standard InChI is InChI=1S/C36H36Cl2F3N3O4S/c1-4-25(3)42-35(46)33(20-26-8-6-5-7-9-26)43(22-27-12-14-28(37)15-13-27)34(45)23-44(49(47,48)30-17-10-24(2)11-18-30)29-16-19-32(38)31(21-29)36(39,40)41/h5-19,21,25,33H,4,20,22-23H2,1-3H3,(H,42,46)/t25-,33+/m0/s1. The molecule has 4 rings (SSSR count). The highest BCUT2D eigenvalue weighted by molar-refractivity contribution is 7.92. The Hall–Kier alpha value is -4.06. The number of hydrogen-bond acceptors (Lipinski definition) is 4. The summed E-state index contributed by atoms with van der Waals surface area (Å²) in [7, 11) is -4.62. The Morgan fingerprint density at radius 1 is 0.878 bits per heavy atom. The molecule has 0 saturated carbocycles. The van der Waals surface area contributed by atoms with Crippen molar-refractivity contribution >= 4 is 50.7 Å². The minimum atomic E-state index is -4.91. The lowest BCUT2D eigenvalue weighted by atomic mass is 10.0. The van der Waals surface area contributed by atoms with Gasteiger partial charge >= 0.3 is 6.18 Å². The number of nitrogens with zero attached hydrogens (tertiary/aromatic N) is 2. The van der Waals surface area contributed by atoms with Gasteiger partial charge in [0.2, 0.25) is 11.8 Å². The lowest BCUT2D eigenvalue weighted by Gasteiger charge is -2.34. The fourth-order valence-electron chi connectivity index (χ4n) is 5.03. The van der Waals surface area contributed by atoms with Crippen LogP contribution >= 0.6 is 23.2 Å². The van der Waals surface area contributed by atoms with Gasteiger partial charge < -0.3 is 10.2 Å². The van der Waals surface area contributed by atoms with Crippen LogP contribution in [-0.4, -0.2) is 43.8 Å². The summed E-state index contributed by atoms with van der Waals surface area (Å²) in [4.78, 5) is 29.5. The quantitative estimate of drug-likeness (QED) is 0.151. The van der Waals surface area contributed by atoms with Gasteiger partial charge in [0.15, 0.2) is 0 Å². The van der Waals surface area contributed by atoms with Crippen molar-refractivity contribution in [2.24, 2.45) is 0 Å². The van der Waals surface area contributed by atoms with Crippen molar-refractivity contribution in [1.82, 2.24) is 10.2 Å². The summed E-state index contributed by atoms with van der Waals surface area (Å²) in [6.07, 6.45) is -4.23. The first kappa shape index (κ1) is 37.8. The average molecular weight is 735 g/mol. The zero-order valence-corrected chi connectivity index (χ0v) is 29.4. The molecule has 4 aromatic carbocycles. The first-order valence-corrected chi connectivity index (χ1v) is 17.6. The number of anilines is 1. The number of hydrogen-bond donors (Lipinski definition) is 1. The van der Waals surface area contributed by atoms with Crippen molar-refractivity contribution in [2.45, 2.75) is 63.3 Å². The fraction of sp³-hybridized carbons (Fsp3) is 0.278. The van der Waals surface area contributed by atoms with Crippen molar-refractivity contribution in [2.75, 3.05) is 10.8 Å². The van der Waals surface area contributed by atoms with E-state index in [1.54, 1.807) is 55.5 Å². The van der Waals surface area contributed by atoms with E-state index >= 15 is 0 Å². The topological polar surface area (TPSA) is 86.8 Å². The third-order valence-corrected chi connectivity index (χ3v) is 10.3. The van der Waals surface area contributed by atoms with Crippen LogP contribution in [0.4, 0.5) is 18.9 Å². The maximum Gasteiger partial charge on any atom is 0.417 e. The van der Waals surface area contributed by atoms with Crippen LogP contribution in [0, 0.1) is 6.92 Å². The number of alkyl halides is 3. The molecule has 0 unspecified atom stereocenters. The van der Waals surface area contributed by atoms with E-state index in [2.05, 4.69) is 5.32 Å². The summed E-state index contributed by atoms with van der Waals surface area (Å²) in [6, 6.07) is 22.5. The van der Waals surface area contributed by atoms with Gasteiger partial charge in [-0.2, -0.15) is 13.2 Å². The van der Waals surface area contributed by atoms with Gasteiger partial charge in [0, 0.05) is 24.0 Å². The number of aryl methyl sites for hydroxylation is 1. The minimum absolute atomic E-state index is 0.0757. The Morgan fingerprint density at radius 2 is 1.51 bits per heavy atom. The summed E-state index contributed by atoms with van der Waals surface area (Å²) in [6.45, 7) is 4.40. The van der Waals surface area contributed by atoms with Crippen LogP contribution < -0.4 is 9.62 Å². The van der Waals surface area contributed by atoms with Gasteiger partial charge in [0.25, 0.3) is 10.0 Å². The summed E-state index contributed by atoms with van der Waals surface area (Å²) >= 11 is 12.0. The Kier molecular flexibility index (Phi) is 12.4. The maximum atomic E-state index is 14.5.